The van der Waals surface area contributed by atoms with Crippen molar-refractivity contribution in [3.05, 3.63) is 71.8 Å². The van der Waals surface area contributed by atoms with Gasteiger partial charge in [0.2, 0.25) is 5.91 Å². The molecular weight excluding hydrogens is 312 g/mol. The third-order valence-corrected chi connectivity index (χ3v) is 4.72. The summed E-state index contributed by atoms with van der Waals surface area (Å²) >= 11 is 0. The van der Waals surface area contributed by atoms with Crippen LogP contribution in [0, 0.1) is 0 Å². The Morgan fingerprint density at radius 1 is 1.00 bits per heavy atom. The maximum Gasteiger partial charge on any atom is 0.256 e. The molecule has 0 saturated heterocycles. The molecule has 0 radical (unpaired) electrons. The lowest BCUT2D eigenvalue weighted by Crippen LogP contribution is -2.31. The molecule has 4 rings (SSSR count). The zero-order valence-corrected chi connectivity index (χ0v) is 14.0. The summed E-state index contributed by atoms with van der Waals surface area (Å²) in [5.74, 6) is -0.00275. The molecule has 0 aromatic heterocycles. The van der Waals surface area contributed by atoms with Gasteiger partial charge >= 0.3 is 0 Å². The van der Waals surface area contributed by atoms with Crippen molar-refractivity contribution in [2.45, 2.75) is 12.8 Å². The van der Waals surface area contributed by atoms with Gasteiger partial charge in [-0.2, -0.15) is 0 Å². The number of rotatable bonds is 2. The van der Waals surface area contributed by atoms with E-state index in [4.69, 9.17) is 0 Å². The van der Waals surface area contributed by atoms with Crippen molar-refractivity contribution in [2.75, 3.05) is 17.3 Å². The van der Waals surface area contributed by atoms with Crippen LogP contribution in [-0.2, 0) is 11.2 Å². The largest absolute Gasteiger partial charge is 0.322 e. The molecule has 124 valence electrons. The summed E-state index contributed by atoms with van der Waals surface area (Å²) < 4.78 is 0. The Bertz CT molecular complexity index is 989. The number of aryl methyl sites for hydroxylation is 1. The first-order valence-corrected chi connectivity index (χ1v) is 8.32. The van der Waals surface area contributed by atoms with Crippen LogP contribution in [0.3, 0.4) is 0 Å². The topological polar surface area (TPSA) is 49.4 Å². The van der Waals surface area contributed by atoms with Crippen LogP contribution in [0.5, 0.6) is 0 Å². The van der Waals surface area contributed by atoms with E-state index in [0.29, 0.717) is 18.4 Å². The summed E-state index contributed by atoms with van der Waals surface area (Å²) in [6, 6.07) is 19.3. The van der Waals surface area contributed by atoms with Crippen molar-refractivity contribution in [1.29, 1.82) is 0 Å². The first-order valence-electron chi connectivity index (χ1n) is 8.32. The van der Waals surface area contributed by atoms with E-state index in [1.54, 1.807) is 11.9 Å². The van der Waals surface area contributed by atoms with Gasteiger partial charge in [0.1, 0.15) is 0 Å². The van der Waals surface area contributed by atoms with Crippen molar-refractivity contribution in [2.24, 2.45) is 0 Å². The zero-order chi connectivity index (χ0) is 17.4. The molecule has 4 heteroatoms. The summed E-state index contributed by atoms with van der Waals surface area (Å²) in [7, 11) is 1.79. The number of carbonyl (C=O) groups is 2. The Kier molecular flexibility index (Phi) is 3.73. The molecule has 1 aliphatic heterocycles. The third-order valence-electron chi connectivity index (χ3n) is 4.72. The fourth-order valence-electron chi connectivity index (χ4n) is 3.36. The van der Waals surface area contributed by atoms with Gasteiger partial charge in [0.05, 0.1) is 0 Å². The molecule has 1 aliphatic rings. The van der Waals surface area contributed by atoms with Crippen molar-refractivity contribution in [3.63, 3.8) is 0 Å². The minimum absolute atomic E-state index is 0.125. The van der Waals surface area contributed by atoms with E-state index < -0.39 is 0 Å². The summed E-state index contributed by atoms with van der Waals surface area (Å²) in [6.07, 6.45) is 1.21. The number of carbonyl (C=O) groups excluding carboxylic acids is 2. The maximum atomic E-state index is 12.7. The molecule has 2 amide bonds. The second kappa shape index (κ2) is 6.06. The Morgan fingerprint density at radius 2 is 1.80 bits per heavy atom. The fraction of sp³-hybridized carbons (Fsp3) is 0.143. The molecule has 25 heavy (non-hydrogen) atoms. The minimum Gasteiger partial charge on any atom is -0.322 e. The van der Waals surface area contributed by atoms with E-state index >= 15 is 0 Å². The summed E-state index contributed by atoms with van der Waals surface area (Å²) in [4.78, 5) is 26.2. The van der Waals surface area contributed by atoms with Gasteiger partial charge in [-0.05, 0) is 47.0 Å². The highest BCUT2D eigenvalue weighted by atomic mass is 16.2. The van der Waals surface area contributed by atoms with Gasteiger partial charge in [0.25, 0.3) is 5.91 Å². The highest BCUT2D eigenvalue weighted by Crippen LogP contribution is 2.29. The number of hydrogen-bond donors (Lipinski definition) is 1. The highest BCUT2D eigenvalue weighted by molar-refractivity contribution is 6.13. The minimum atomic E-state index is -0.128. The molecule has 0 aliphatic carbocycles. The predicted octanol–water partition coefficient (Wildman–Crippen LogP) is 4.00. The molecule has 0 bridgehead atoms. The molecule has 1 heterocycles. The second-order valence-electron chi connectivity index (χ2n) is 6.28. The smallest absolute Gasteiger partial charge is 0.256 e. The molecule has 3 aromatic rings. The number of amides is 2. The van der Waals surface area contributed by atoms with Crippen molar-refractivity contribution >= 4 is 34.0 Å². The standard InChI is InChI=1S/C21H18N2O2/c1-23-19-11-10-16(13-15(19)9-12-20(23)24)22-21(25)18-8-4-6-14-5-2-3-7-17(14)18/h2-8,10-11,13H,9,12H2,1H3,(H,22,25). The first kappa shape index (κ1) is 15.4. The molecular formula is C21H18N2O2. The number of hydrogen-bond acceptors (Lipinski definition) is 2. The lowest BCUT2D eigenvalue weighted by atomic mass is 10.0. The Balaban J connectivity index is 1.64. The van der Waals surface area contributed by atoms with Crippen LogP contribution in [0.1, 0.15) is 22.3 Å². The Labute approximate surface area is 146 Å². The molecule has 0 spiro atoms. The maximum absolute atomic E-state index is 12.7. The third kappa shape index (κ3) is 2.76. The predicted molar refractivity (Wildman–Crippen MR) is 100 cm³/mol. The van der Waals surface area contributed by atoms with Crippen molar-refractivity contribution in [1.82, 2.24) is 0 Å². The van der Waals surface area contributed by atoms with Crippen LogP contribution in [0.2, 0.25) is 0 Å². The van der Waals surface area contributed by atoms with Crippen molar-refractivity contribution in [3.8, 4) is 0 Å². The highest BCUT2D eigenvalue weighted by Gasteiger charge is 2.21. The van der Waals surface area contributed by atoms with Gasteiger partial charge in [-0.15, -0.1) is 0 Å². The van der Waals surface area contributed by atoms with Crippen LogP contribution < -0.4 is 10.2 Å². The first-order chi connectivity index (χ1) is 12.1. The van der Waals surface area contributed by atoms with Crippen LogP contribution in [0.25, 0.3) is 10.8 Å². The zero-order valence-electron chi connectivity index (χ0n) is 14.0. The summed E-state index contributed by atoms with van der Waals surface area (Å²) in [5, 5.41) is 4.96. The van der Waals surface area contributed by atoms with E-state index in [9.17, 15) is 9.59 Å². The van der Waals surface area contributed by atoms with Crippen LogP contribution in [0.4, 0.5) is 11.4 Å². The van der Waals surface area contributed by atoms with Gasteiger partial charge in [-0.1, -0.05) is 36.4 Å². The van der Waals surface area contributed by atoms with E-state index in [1.807, 2.05) is 60.7 Å². The second-order valence-corrected chi connectivity index (χ2v) is 6.28. The lowest BCUT2D eigenvalue weighted by molar-refractivity contribution is -0.118. The average molecular weight is 330 g/mol. The fourth-order valence-corrected chi connectivity index (χ4v) is 3.36. The van der Waals surface area contributed by atoms with Crippen LogP contribution in [0.15, 0.2) is 60.7 Å². The number of benzene rings is 3. The summed E-state index contributed by atoms with van der Waals surface area (Å²) in [5.41, 5.74) is 3.40. The molecule has 0 atom stereocenters. The average Bonchev–Trinajstić information content (AvgIpc) is 2.64. The lowest BCUT2D eigenvalue weighted by Gasteiger charge is -2.26. The van der Waals surface area contributed by atoms with Gasteiger partial charge in [0, 0.05) is 30.4 Å². The van der Waals surface area contributed by atoms with Gasteiger partial charge < -0.3 is 10.2 Å². The van der Waals surface area contributed by atoms with E-state index in [-0.39, 0.29) is 11.8 Å². The SMILES string of the molecule is CN1C(=O)CCc2cc(NC(=O)c3cccc4ccccc34)ccc21. The quantitative estimate of drug-likeness (QED) is 0.772. The van der Waals surface area contributed by atoms with Gasteiger partial charge in [-0.25, -0.2) is 0 Å². The molecule has 0 unspecified atom stereocenters. The number of nitrogens with one attached hydrogen (secondary N) is 1. The Hall–Kier alpha value is -3.14. The normalized spacial score (nSPS) is 13.6. The van der Waals surface area contributed by atoms with Crippen LogP contribution >= 0.6 is 0 Å². The Morgan fingerprint density at radius 3 is 2.68 bits per heavy atom. The molecule has 0 fully saturated rings. The number of nitrogens with zero attached hydrogens (tertiary/aromatic N) is 1. The molecule has 4 nitrogen and oxygen atoms in total. The monoisotopic (exact) mass is 330 g/mol. The summed E-state index contributed by atoms with van der Waals surface area (Å²) in [6.45, 7) is 0. The molecule has 3 aromatic carbocycles. The number of anilines is 2. The van der Waals surface area contributed by atoms with Gasteiger partial charge in [-0.3, -0.25) is 9.59 Å². The number of fused-ring (bicyclic) bond motifs is 2. The molecule has 1 N–H and O–H groups in total. The van der Waals surface area contributed by atoms with Crippen LogP contribution in [-0.4, -0.2) is 18.9 Å². The van der Waals surface area contributed by atoms with Gasteiger partial charge in [0.15, 0.2) is 0 Å². The van der Waals surface area contributed by atoms with E-state index in [0.717, 1.165) is 27.7 Å². The van der Waals surface area contributed by atoms with E-state index in [1.165, 1.54) is 0 Å². The molecule has 0 saturated carbocycles. The van der Waals surface area contributed by atoms with E-state index in [2.05, 4.69) is 5.32 Å². The van der Waals surface area contributed by atoms with Crippen molar-refractivity contribution < 1.29 is 9.59 Å².